The zero-order chi connectivity index (χ0) is 28.2. The van der Waals surface area contributed by atoms with Crippen LogP contribution in [0, 0.1) is 12.8 Å². The van der Waals surface area contributed by atoms with Crippen molar-refractivity contribution in [3.8, 4) is 0 Å². The molecule has 2 aromatic carbocycles. The normalized spacial score (nSPS) is 16.3. The molecule has 1 atom stereocenters. The molecular weight excluding hydrogens is 502 g/mol. The first kappa shape index (κ1) is 27.8. The number of aryl methyl sites for hydroxylation is 2. The molecule has 212 valence electrons. The van der Waals surface area contributed by atoms with Gasteiger partial charge in [0.2, 0.25) is 11.7 Å². The zero-order valence-electron chi connectivity index (χ0n) is 24.1. The van der Waals surface area contributed by atoms with Gasteiger partial charge in [-0.3, -0.25) is 23.5 Å². The quantitative estimate of drug-likeness (QED) is 0.307. The SMILES string of the molecule is Cc1cccc(N2CCN(CCCNC(=O)CCc3nnc4n(CC(C)C)c(=O)c5ccccc5n34)CC2C)c1. The summed E-state index contributed by atoms with van der Waals surface area (Å²) in [6.45, 7) is 13.8. The van der Waals surface area contributed by atoms with Crippen LogP contribution in [0.2, 0.25) is 0 Å². The second-order valence-corrected chi connectivity index (χ2v) is 11.5. The summed E-state index contributed by atoms with van der Waals surface area (Å²) in [5.41, 5.74) is 3.31. The molecule has 1 fully saturated rings. The fourth-order valence-electron chi connectivity index (χ4n) is 5.78. The molecule has 0 saturated carbocycles. The Balaban J connectivity index is 1.13. The smallest absolute Gasteiger partial charge is 0.262 e. The lowest BCUT2D eigenvalue weighted by molar-refractivity contribution is -0.121. The first-order valence-corrected chi connectivity index (χ1v) is 14.5. The van der Waals surface area contributed by atoms with Crippen LogP contribution < -0.4 is 15.8 Å². The Morgan fingerprint density at radius 2 is 1.93 bits per heavy atom. The highest BCUT2D eigenvalue weighted by molar-refractivity contribution is 5.80. The van der Waals surface area contributed by atoms with Crippen molar-refractivity contribution in [3.63, 3.8) is 0 Å². The summed E-state index contributed by atoms with van der Waals surface area (Å²) in [5, 5.41) is 12.5. The molecule has 0 aliphatic carbocycles. The molecular formula is C31H41N7O2. The van der Waals surface area contributed by atoms with Crippen LogP contribution in [-0.2, 0) is 17.8 Å². The minimum atomic E-state index is -0.0561. The zero-order valence-corrected chi connectivity index (χ0v) is 24.1. The summed E-state index contributed by atoms with van der Waals surface area (Å²) in [7, 11) is 0. The van der Waals surface area contributed by atoms with E-state index < -0.39 is 0 Å². The van der Waals surface area contributed by atoms with Crippen LogP contribution in [-0.4, -0.2) is 68.7 Å². The van der Waals surface area contributed by atoms with E-state index in [4.69, 9.17) is 0 Å². The number of amides is 1. The van der Waals surface area contributed by atoms with E-state index in [1.165, 1.54) is 11.3 Å². The van der Waals surface area contributed by atoms with Crippen molar-refractivity contribution in [2.45, 2.75) is 59.5 Å². The van der Waals surface area contributed by atoms with E-state index in [0.29, 0.717) is 49.0 Å². The lowest BCUT2D eigenvalue weighted by Crippen LogP contribution is -2.52. The van der Waals surface area contributed by atoms with Gasteiger partial charge in [-0.15, -0.1) is 10.2 Å². The minimum absolute atomic E-state index is 0.00851. The van der Waals surface area contributed by atoms with Crippen molar-refractivity contribution in [3.05, 3.63) is 70.3 Å². The Bertz CT molecular complexity index is 1540. The highest BCUT2D eigenvalue weighted by Crippen LogP contribution is 2.22. The number of piperazine rings is 1. The fraction of sp³-hybridized carbons (Fsp3) is 0.484. The highest BCUT2D eigenvalue weighted by Gasteiger charge is 2.23. The number of benzene rings is 2. The van der Waals surface area contributed by atoms with Gasteiger partial charge in [-0.1, -0.05) is 38.1 Å². The number of aromatic nitrogens is 4. The molecule has 40 heavy (non-hydrogen) atoms. The van der Waals surface area contributed by atoms with E-state index in [9.17, 15) is 9.59 Å². The molecule has 9 heteroatoms. The molecule has 0 radical (unpaired) electrons. The van der Waals surface area contributed by atoms with Gasteiger partial charge >= 0.3 is 0 Å². The molecule has 1 amide bonds. The molecule has 4 aromatic rings. The van der Waals surface area contributed by atoms with Gasteiger partial charge in [-0.05, 0) is 62.6 Å². The molecule has 1 saturated heterocycles. The average Bonchev–Trinajstić information content (AvgIpc) is 3.36. The Morgan fingerprint density at radius 3 is 2.70 bits per heavy atom. The van der Waals surface area contributed by atoms with Crippen LogP contribution >= 0.6 is 0 Å². The molecule has 9 nitrogen and oxygen atoms in total. The van der Waals surface area contributed by atoms with Crippen molar-refractivity contribution in [2.75, 3.05) is 37.6 Å². The van der Waals surface area contributed by atoms with Crippen molar-refractivity contribution in [1.82, 2.24) is 29.4 Å². The second-order valence-electron chi connectivity index (χ2n) is 11.5. The number of nitrogens with zero attached hydrogens (tertiary/aromatic N) is 6. The first-order valence-electron chi connectivity index (χ1n) is 14.5. The lowest BCUT2D eigenvalue weighted by atomic mass is 10.1. The maximum atomic E-state index is 13.1. The number of hydrogen-bond donors (Lipinski definition) is 1. The topological polar surface area (TPSA) is 87.8 Å². The molecule has 1 aliphatic rings. The molecule has 0 spiro atoms. The van der Waals surface area contributed by atoms with Crippen LogP contribution in [0.5, 0.6) is 0 Å². The summed E-state index contributed by atoms with van der Waals surface area (Å²) in [6, 6.07) is 16.7. The van der Waals surface area contributed by atoms with Crippen LogP contribution in [0.1, 0.15) is 45.0 Å². The van der Waals surface area contributed by atoms with E-state index in [1.807, 2.05) is 28.7 Å². The third-order valence-electron chi connectivity index (χ3n) is 7.72. The number of carbonyl (C=O) groups is 1. The molecule has 0 bridgehead atoms. The predicted octanol–water partition coefficient (Wildman–Crippen LogP) is 3.66. The monoisotopic (exact) mass is 543 g/mol. The average molecular weight is 544 g/mol. The van der Waals surface area contributed by atoms with Gasteiger partial charge in [-0.2, -0.15) is 0 Å². The Kier molecular flexibility index (Phi) is 8.49. The van der Waals surface area contributed by atoms with Crippen molar-refractivity contribution >= 4 is 28.3 Å². The van der Waals surface area contributed by atoms with E-state index in [1.54, 1.807) is 4.57 Å². The van der Waals surface area contributed by atoms with Crippen molar-refractivity contribution < 1.29 is 4.79 Å². The van der Waals surface area contributed by atoms with Gasteiger partial charge in [0.05, 0.1) is 10.9 Å². The van der Waals surface area contributed by atoms with Crippen LogP contribution in [0.4, 0.5) is 5.69 Å². The fourth-order valence-corrected chi connectivity index (χ4v) is 5.78. The van der Waals surface area contributed by atoms with Crippen LogP contribution in [0.3, 0.4) is 0 Å². The van der Waals surface area contributed by atoms with E-state index >= 15 is 0 Å². The summed E-state index contributed by atoms with van der Waals surface area (Å²) < 4.78 is 3.63. The molecule has 5 rings (SSSR count). The number of fused-ring (bicyclic) bond motifs is 3. The number of para-hydroxylation sites is 1. The van der Waals surface area contributed by atoms with Gasteiger partial charge < -0.3 is 10.2 Å². The molecule has 1 unspecified atom stereocenters. The maximum absolute atomic E-state index is 13.1. The van der Waals surface area contributed by atoms with E-state index in [0.717, 1.165) is 38.1 Å². The second kappa shape index (κ2) is 12.2. The first-order chi connectivity index (χ1) is 19.3. The van der Waals surface area contributed by atoms with Crippen LogP contribution in [0.25, 0.3) is 16.7 Å². The van der Waals surface area contributed by atoms with Gasteiger partial charge in [0, 0.05) is 57.3 Å². The Morgan fingerprint density at radius 1 is 1.10 bits per heavy atom. The predicted molar refractivity (Wildman–Crippen MR) is 160 cm³/mol. The Hall–Kier alpha value is -3.72. The molecule has 1 N–H and O–H groups in total. The summed E-state index contributed by atoms with van der Waals surface area (Å²) >= 11 is 0. The largest absolute Gasteiger partial charge is 0.366 e. The Labute approximate surface area is 235 Å². The third-order valence-corrected chi connectivity index (χ3v) is 7.72. The van der Waals surface area contributed by atoms with Gasteiger partial charge in [0.15, 0.2) is 0 Å². The molecule has 2 aromatic heterocycles. The maximum Gasteiger partial charge on any atom is 0.262 e. The summed E-state index contributed by atoms with van der Waals surface area (Å²) in [4.78, 5) is 30.8. The van der Waals surface area contributed by atoms with E-state index in [2.05, 4.69) is 77.3 Å². The number of anilines is 1. The standard InChI is InChI=1S/C31H41N7O2/c1-22(2)20-37-30(40)26-11-5-6-12-27(26)38-28(33-34-31(37)38)13-14-29(39)32-15-8-16-35-17-18-36(24(4)21-35)25-10-7-9-23(3)19-25/h5-7,9-12,19,22,24H,8,13-18,20-21H2,1-4H3,(H,32,39). The lowest BCUT2D eigenvalue weighted by Gasteiger charge is -2.41. The molecule has 3 heterocycles. The van der Waals surface area contributed by atoms with Gasteiger partial charge in [0.1, 0.15) is 5.82 Å². The molecule has 1 aliphatic heterocycles. The van der Waals surface area contributed by atoms with Crippen molar-refractivity contribution in [1.29, 1.82) is 0 Å². The van der Waals surface area contributed by atoms with E-state index in [-0.39, 0.29) is 17.4 Å². The summed E-state index contributed by atoms with van der Waals surface area (Å²) in [6.07, 6.45) is 1.70. The highest BCUT2D eigenvalue weighted by atomic mass is 16.1. The third kappa shape index (κ3) is 6.04. The number of rotatable bonds is 10. The van der Waals surface area contributed by atoms with Gasteiger partial charge in [-0.25, -0.2) is 0 Å². The number of hydrogen-bond acceptors (Lipinski definition) is 6. The van der Waals surface area contributed by atoms with Crippen molar-refractivity contribution in [2.24, 2.45) is 5.92 Å². The van der Waals surface area contributed by atoms with Gasteiger partial charge in [0.25, 0.3) is 5.56 Å². The minimum Gasteiger partial charge on any atom is -0.366 e. The number of carbonyl (C=O) groups excluding carboxylic acids is 1. The van der Waals surface area contributed by atoms with Crippen LogP contribution in [0.15, 0.2) is 53.3 Å². The number of nitrogens with one attached hydrogen (secondary N) is 1. The summed E-state index contributed by atoms with van der Waals surface area (Å²) in [5.74, 6) is 1.52.